The van der Waals surface area contributed by atoms with Crippen molar-refractivity contribution in [2.45, 2.75) is 26.6 Å². The van der Waals surface area contributed by atoms with Crippen molar-refractivity contribution in [1.82, 2.24) is 0 Å². The average Bonchev–Trinajstić information content (AvgIpc) is 2.80. The van der Waals surface area contributed by atoms with Crippen LogP contribution in [0, 0.1) is 6.92 Å². The number of hydrogen-bond acceptors (Lipinski definition) is 4. The molecule has 4 heteroatoms. The van der Waals surface area contributed by atoms with E-state index in [0.29, 0.717) is 31.1 Å². The Morgan fingerprint density at radius 2 is 2.06 bits per heavy atom. The maximum Gasteiger partial charge on any atom is 0.195 e. The highest BCUT2D eigenvalue weighted by Gasteiger charge is 2.36. The lowest BCUT2D eigenvalue weighted by atomic mass is 9.99. The molecule has 18 heavy (non-hydrogen) atoms. The molecule has 4 nitrogen and oxygen atoms in total. The van der Waals surface area contributed by atoms with Gasteiger partial charge in [-0.1, -0.05) is 6.07 Å². The summed E-state index contributed by atoms with van der Waals surface area (Å²) in [7, 11) is 0. The summed E-state index contributed by atoms with van der Waals surface area (Å²) in [4.78, 5) is 11.0. The highest BCUT2D eigenvalue weighted by Crippen LogP contribution is 2.39. The molecule has 98 valence electrons. The van der Waals surface area contributed by atoms with Gasteiger partial charge in [0.15, 0.2) is 5.79 Å². The number of benzene rings is 1. The molecule has 2 rings (SSSR count). The van der Waals surface area contributed by atoms with Gasteiger partial charge in [0.2, 0.25) is 0 Å². The Labute approximate surface area is 107 Å². The summed E-state index contributed by atoms with van der Waals surface area (Å²) in [5.41, 5.74) is 2.29. The third kappa shape index (κ3) is 2.13. The topological polar surface area (TPSA) is 44.8 Å². The van der Waals surface area contributed by atoms with Crippen LogP contribution in [0.1, 0.15) is 35.3 Å². The minimum absolute atomic E-state index is 0.534. The van der Waals surface area contributed by atoms with E-state index in [4.69, 9.17) is 14.2 Å². The van der Waals surface area contributed by atoms with Crippen LogP contribution in [0.2, 0.25) is 0 Å². The number of rotatable bonds is 4. The van der Waals surface area contributed by atoms with E-state index in [2.05, 4.69) is 0 Å². The van der Waals surface area contributed by atoms with Crippen molar-refractivity contribution in [1.29, 1.82) is 0 Å². The molecule has 0 N–H and O–H groups in total. The molecule has 0 unspecified atom stereocenters. The lowest BCUT2D eigenvalue weighted by Crippen LogP contribution is -2.24. The lowest BCUT2D eigenvalue weighted by Gasteiger charge is -2.26. The standard InChI is InChI=1S/C14H18O4/c1-4-16-13-10(2)11(9-15)5-6-12(13)14(3)17-7-8-18-14/h5-6,9H,4,7-8H2,1-3H3. The Kier molecular flexibility index (Phi) is 3.68. The Morgan fingerprint density at radius 1 is 1.39 bits per heavy atom. The Balaban J connectivity index is 2.52. The molecule has 0 amide bonds. The summed E-state index contributed by atoms with van der Waals surface area (Å²) in [5.74, 6) is -0.0945. The molecule has 0 radical (unpaired) electrons. The van der Waals surface area contributed by atoms with E-state index in [1.54, 1.807) is 6.07 Å². The second-order valence-electron chi connectivity index (χ2n) is 4.35. The van der Waals surface area contributed by atoms with Crippen molar-refractivity contribution in [3.8, 4) is 5.75 Å². The summed E-state index contributed by atoms with van der Waals surface area (Å²) in [5, 5.41) is 0. The minimum atomic E-state index is -0.781. The first kappa shape index (κ1) is 13.1. The van der Waals surface area contributed by atoms with Crippen molar-refractivity contribution in [2.75, 3.05) is 19.8 Å². The molecule has 1 aliphatic rings. The zero-order chi connectivity index (χ0) is 13.2. The largest absolute Gasteiger partial charge is 0.493 e. The molecule has 0 saturated carbocycles. The molecule has 0 bridgehead atoms. The second-order valence-corrected chi connectivity index (χ2v) is 4.35. The highest BCUT2D eigenvalue weighted by molar-refractivity contribution is 5.79. The molecule has 1 aliphatic heterocycles. The van der Waals surface area contributed by atoms with Gasteiger partial charge in [0.25, 0.3) is 0 Å². The molecule has 0 spiro atoms. The van der Waals surface area contributed by atoms with Gasteiger partial charge in [0, 0.05) is 11.1 Å². The first-order valence-corrected chi connectivity index (χ1v) is 6.12. The fourth-order valence-electron chi connectivity index (χ4n) is 2.19. The summed E-state index contributed by atoms with van der Waals surface area (Å²) < 4.78 is 17.0. The molecule has 0 aliphatic carbocycles. The number of carbonyl (C=O) groups excluding carboxylic acids is 1. The Bertz CT molecular complexity index is 447. The van der Waals surface area contributed by atoms with Gasteiger partial charge in [-0.25, -0.2) is 0 Å². The van der Waals surface area contributed by atoms with Gasteiger partial charge in [-0.15, -0.1) is 0 Å². The molecule has 1 saturated heterocycles. The molecule has 0 atom stereocenters. The van der Waals surface area contributed by atoms with Crippen molar-refractivity contribution in [3.63, 3.8) is 0 Å². The van der Waals surface area contributed by atoms with Crippen molar-refractivity contribution < 1.29 is 19.0 Å². The fourth-order valence-corrected chi connectivity index (χ4v) is 2.19. The summed E-state index contributed by atoms with van der Waals surface area (Å²) in [6.07, 6.45) is 0.834. The predicted octanol–water partition coefficient (Wildman–Crippen LogP) is 2.43. The average molecular weight is 250 g/mol. The van der Waals surface area contributed by atoms with E-state index in [9.17, 15) is 4.79 Å². The maximum absolute atomic E-state index is 11.0. The van der Waals surface area contributed by atoms with Crippen LogP contribution >= 0.6 is 0 Å². The zero-order valence-corrected chi connectivity index (χ0v) is 11.0. The molecular formula is C14H18O4. The quantitative estimate of drug-likeness (QED) is 0.770. The van der Waals surface area contributed by atoms with Crippen molar-refractivity contribution in [3.05, 3.63) is 28.8 Å². The SMILES string of the molecule is CCOc1c(C2(C)OCCO2)ccc(C=O)c1C. The first-order valence-electron chi connectivity index (χ1n) is 6.12. The summed E-state index contributed by atoms with van der Waals surface area (Å²) in [6.45, 7) is 7.32. The van der Waals surface area contributed by atoms with Crippen LogP contribution in [0.3, 0.4) is 0 Å². The van der Waals surface area contributed by atoms with Gasteiger partial charge in [-0.05, 0) is 26.8 Å². The van der Waals surface area contributed by atoms with Crippen LogP contribution in [-0.4, -0.2) is 26.1 Å². The number of hydrogen-bond donors (Lipinski definition) is 0. The number of ether oxygens (including phenoxy) is 3. The van der Waals surface area contributed by atoms with E-state index in [0.717, 1.165) is 17.4 Å². The lowest BCUT2D eigenvalue weighted by molar-refractivity contribution is -0.150. The van der Waals surface area contributed by atoms with Gasteiger partial charge in [0.1, 0.15) is 12.0 Å². The number of carbonyl (C=O) groups is 1. The number of aldehydes is 1. The van der Waals surface area contributed by atoms with E-state index >= 15 is 0 Å². The van der Waals surface area contributed by atoms with Crippen LogP contribution in [-0.2, 0) is 15.3 Å². The third-order valence-electron chi connectivity index (χ3n) is 3.19. The van der Waals surface area contributed by atoms with Gasteiger partial charge in [-0.3, -0.25) is 4.79 Å². The molecular weight excluding hydrogens is 232 g/mol. The molecule has 1 aromatic carbocycles. The van der Waals surface area contributed by atoms with Crippen molar-refractivity contribution in [2.24, 2.45) is 0 Å². The van der Waals surface area contributed by atoms with Gasteiger partial charge < -0.3 is 14.2 Å². The van der Waals surface area contributed by atoms with Gasteiger partial charge in [0.05, 0.1) is 25.4 Å². The smallest absolute Gasteiger partial charge is 0.195 e. The summed E-state index contributed by atoms with van der Waals surface area (Å²) in [6, 6.07) is 3.61. The maximum atomic E-state index is 11.0. The third-order valence-corrected chi connectivity index (χ3v) is 3.19. The fraction of sp³-hybridized carbons (Fsp3) is 0.500. The molecule has 1 heterocycles. The van der Waals surface area contributed by atoms with Gasteiger partial charge >= 0.3 is 0 Å². The minimum Gasteiger partial charge on any atom is -0.493 e. The first-order chi connectivity index (χ1) is 8.62. The van der Waals surface area contributed by atoms with Crippen LogP contribution in [0.5, 0.6) is 5.75 Å². The molecule has 1 aromatic rings. The van der Waals surface area contributed by atoms with Gasteiger partial charge in [-0.2, -0.15) is 0 Å². The second kappa shape index (κ2) is 5.08. The molecule has 1 fully saturated rings. The van der Waals surface area contributed by atoms with Crippen LogP contribution in [0.15, 0.2) is 12.1 Å². The van der Waals surface area contributed by atoms with Crippen LogP contribution < -0.4 is 4.74 Å². The highest BCUT2D eigenvalue weighted by atomic mass is 16.7. The molecule has 0 aromatic heterocycles. The van der Waals surface area contributed by atoms with E-state index in [1.807, 2.05) is 26.8 Å². The summed E-state index contributed by atoms with van der Waals surface area (Å²) >= 11 is 0. The van der Waals surface area contributed by atoms with E-state index < -0.39 is 5.79 Å². The Morgan fingerprint density at radius 3 is 2.61 bits per heavy atom. The normalized spacial score (nSPS) is 17.7. The van der Waals surface area contributed by atoms with Crippen molar-refractivity contribution >= 4 is 6.29 Å². The monoisotopic (exact) mass is 250 g/mol. The van der Waals surface area contributed by atoms with E-state index in [-0.39, 0.29) is 0 Å². The predicted molar refractivity (Wildman–Crippen MR) is 67.0 cm³/mol. The van der Waals surface area contributed by atoms with Crippen LogP contribution in [0.25, 0.3) is 0 Å². The van der Waals surface area contributed by atoms with E-state index in [1.165, 1.54) is 0 Å². The van der Waals surface area contributed by atoms with Crippen LogP contribution in [0.4, 0.5) is 0 Å². The Hall–Kier alpha value is -1.39. The zero-order valence-electron chi connectivity index (χ0n) is 11.0.